The van der Waals surface area contributed by atoms with Crippen LogP contribution < -0.4 is 16.2 Å². The number of aromatic nitrogens is 1. The molecule has 2 aromatic carbocycles. The second-order valence-corrected chi connectivity index (χ2v) is 5.93. The van der Waals surface area contributed by atoms with E-state index in [1.165, 1.54) is 10.6 Å². The number of fused-ring (bicyclic) bond motifs is 1. The van der Waals surface area contributed by atoms with Gasteiger partial charge in [-0.3, -0.25) is 14.4 Å². The number of hydrogen-bond donors (Lipinski definition) is 2. The SMILES string of the molecule is CNC(=O)c1ccc(CNC(=O)c2cc(=O)n(C)c3ccccc23)cc1. The van der Waals surface area contributed by atoms with Gasteiger partial charge < -0.3 is 15.2 Å². The number of nitrogens with one attached hydrogen (secondary N) is 2. The topological polar surface area (TPSA) is 80.2 Å². The van der Waals surface area contributed by atoms with Crippen molar-refractivity contribution in [3.8, 4) is 0 Å². The maximum Gasteiger partial charge on any atom is 0.252 e. The van der Waals surface area contributed by atoms with Gasteiger partial charge in [0.05, 0.1) is 11.1 Å². The molecule has 132 valence electrons. The first-order valence-corrected chi connectivity index (χ1v) is 8.19. The summed E-state index contributed by atoms with van der Waals surface area (Å²) in [5, 5.41) is 6.11. The van der Waals surface area contributed by atoms with Crippen LogP contribution in [0.2, 0.25) is 0 Å². The highest BCUT2D eigenvalue weighted by molar-refractivity contribution is 6.06. The second kappa shape index (κ2) is 7.23. The Hall–Kier alpha value is -3.41. The lowest BCUT2D eigenvalue weighted by Gasteiger charge is -2.11. The van der Waals surface area contributed by atoms with Gasteiger partial charge in [-0.05, 0) is 23.8 Å². The van der Waals surface area contributed by atoms with E-state index in [4.69, 9.17) is 0 Å². The van der Waals surface area contributed by atoms with Crippen LogP contribution in [0.25, 0.3) is 10.9 Å². The number of amides is 2. The highest BCUT2D eigenvalue weighted by Gasteiger charge is 2.13. The minimum absolute atomic E-state index is 0.160. The van der Waals surface area contributed by atoms with E-state index < -0.39 is 0 Å². The lowest BCUT2D eigenvalue weighted by atomic mass is 10.1. The first-order valence-electron chi connectivity index (χ1n) is 8.19. The van der Waals surface area contributed by atoms with Gasteiger partial charge >= 0.3 is 0 Å². The number of pyridine rings is 1. The van der Waals surface area contributed by atoms with Crippen LogP contribution >= 0.6 is 0 Å². The Kier molecular flexibility index (Phi) is 4.84. The van der Waals surface area contributed by atoms with E-state index in [9.17, 15) is 14.4 Å². The van der Waals surface area contributed by atoms with Crippen LogP contribution in [-0.4, -0.2) is 23.4 Å². The first kappa shape index (κ1) is 17.4. The van der Waals surface area contributed by atoms with E-state index in [0.29, 0.717) is 23.2 Å². The zero-order valence-corrected chi connectivity index (χ0v) is 14.6. The van der Waals surface area contributed by atoms with Crippen molar-refractivity contribution >= 4 is 22.7 Å². The molecule has 0 aliphatic heterocycles. The lowest BCUT2D eigenvalue weighted by Crippen LogP contribution is -2.26. The summed E-state index contributed by atoms with van der Waals surface area (Å²) in [4.78, 5) is 36.2. The number of carbonyl (C=O) groups is 2. The molecule has 0 fully saturated rings. The van der Waals surface area contributed by atoms with Gasteiger partial charge in [0.1, 0.15) is 0 Å². The summed E-state index contributed by atoms with van der Waals surface area (Å²) in [5.74, 6) is -0.471. The third-order valence-electron chi connectivity index (χ3n) is 4.29. The Morgan fingerprint density at radius 2 is 1.69 bits per heavy atom. The molecule has 3 rings (SSSR count). The van der Waals surface area contributed by atoms with Crippen molar-refractivity contribution in [1.82, 2.24) is 15.2 Å². The predicted molar refractivity (Wildman–Crippen MR) is 100 cm³/mol. The number of aryl methyl sites for hydroxylation is 1. The Bertz CT molecular complexity index is 1040. The zero-order chi connectivity index (χ0) is 18.7. The molecular formula is C20H19N3O3. The standard InChI is InChI=1S/C20H19N3O3/c1-21-19(25)14-9-7-13(8-10-14)12-22-20(26)16-11-18(24)23(2)17-6-4-3-5-15(16)17/h3-11H,12H2,1-2H3,(H,21,25)(H,22,26). The monoisotopic (exact) mass is 349 g/mol. The Morgan fingerprint density at radius 3 is 2.38 bits per heavy atom. The molecule has 2 N–H and O–H groups in total. The first-order chi connectivity index (χ1) is 12.5. The van der Waals surface area contributed by atoms with E-state index in [-0.39, 0.29) is 17.4 Å². The van der Waals surface area contributed by atoms with Crippen molar-refractivity contribution in [2.75, 3.05) is 7.05 Å². The number of rotatable bonds is 4. The summed E-state index contributed by atoms with van der Waals surface area (Å²) in [6.45, 7) is 0.302. The number of hydrogen-bond acceptors (Lipinski definition) is 3. The van der Waals surface area contributed by atoms with E-state index in [2.05, 4.69) is 10.6 Å². The molecular weight excluding hydrogens is 330 g/mol. The van der Waals surface area contributed by atoms with Crippen molar-refractivity contribution in [2.24, 2.45) is 7.05 Å². The average Bonchev–Trinajstić information content (AvgIpc) is 2.68. The Balaban J connectivity index is 1.81. The summed E-state index contributed by atoms with van der Waals surface area (Å²) in [6.07, 6.45) is 0. The predicted octanol–water partition coefficient (Wildman–Crippen LogP) is 1.83. The Labute approximate surface area is 150 Å². The van der Waals surface area contributed by atoms with Gasteiger partial charge in [0.15, 0.2) is 0 Å². The van der Waals surface area contributed by atoms with Crippen LogP contribution in [0.3, 0.4) is 0 Å². The fourth-order valence-electron chi connectivity index (χ4n) is 2.79. The zero-order valence-electron chi connectivity index (χ0n) is 14.6. The molecule has 0 saturated carbocycles. The van der Waals surface area contributed by atoms with Gasteiger partial charge in [-0.2, -0.15) is 0 Å². The van der Waals surface area contributed by atoms with Crippen molar-refractivity contribution in [2.45, 2.75) is 6.54 Å². The van der Waals surface area contributed by atoms with Crippen molar-refractivity contribution < 1.29 is 9.59 Å². The number of nitrogens with zero attached hydrogens (tertiary/aromatic N) is 1. The molecule has 0 aliphatic carbocycles. The smallest absolute Gasteiger partial charge is 0.252 e. The minimum Gasteiger partial charge on any atom is -0.355 e. The molecule has 0 radical (unpaired) electrons. The maximum absolute atomic E-state index is 12.6. The highest BCUT2D eigenvalue weighted by Crippen LogP contribution is 2.16. The molecule has 0 aliphatic rings. The summed E-state index contributed by atoms with van der Waals surface area (Å²) in [5.41, 5.74) is 2.24. The number of benzene rings is 2. The van der Waals surface area contributed by atoms with Crippen molar-refractivity contribution in [3.05, 3.63) is 81.6 Å². The highest BCUT2D eigenvalue weighted by atomic mass is 16.2. The summed E-state index contributed by atoms with van der Waals surface area (Å²) in [7, 11) is 3.26. The number of carbonyl (C=O) groups excluding carboxylic acids is 2. The lowest BCUT2D eigenvalue weighted by molar-refractivity contribution is 0.0947. The second-order valence-electron chi connectivity index (χ2n) is 5.93. The molecule has 2 amide bonds. The molecule has 0 unspecified atom stereocenters. The summed E-state index contributed by atoms with van der Waals surface area (Å²) >= 11 is 0. The van der Waals surface area contributed by atoms with E-state index in [1.807, 2.05) is 24.3 Å². The van der Waals surface area contributed by atoms with E-state index >= 15 is 0 Å². The van der Waals surface area contributed by atoms with Gasteiger partial charge in [0.2, 0.25) is 0 Å². The largest absolute Gasteiger partial charge is 0.355 e. The molecule has 0 spiro atoms. The maximum atomic E-state index is 12.6. The molecule has 6 heteroatoms. The number of para-hydroxylation sites is 1. The third-order valence-corrected chi connectivity index (χ3v) is 4.29. The van der Waals surface area contributed by atoms with Gasteiger partial charge in [-0.1, -0.05) is 30.3 Å². The molecule has 0 bridgehead atoms. The molecule has 1 heterocycles. The van der Waals surface area contributed by atoms with Crippen molar-refractivity contribution in [3.63, 3.8) is 0 Å². The van der Waals surface area contributed by atoms with Crippen LogP contribution in [0.1, 0.15) is 26.3 Å². The van der Waals surface area contributed by atoms with Gasteiger partial charge in [-0.25, -0.2) is 0 Å². The normalized spacial score (nSPS) is 10.5. The van der Waals surface area contributed by atoms with Crippen LogP contribution in [-0.2, 0) is 13.6 Å². The quantitative estimate of drug-likeness (QED) is 0.754. The van der Waals surface area contributed by atoms with Crippen LogP contribution in [0.5, 0.6) is 0 Å². The summed E-state index contributed by atoms with van der Waals surface area (Å²) < 4.78 is 1.52. The fourth-order valence-corrected chi connectivity index (χ4v) is 2.79. The van der Waals surface area contributed by atoms with Gasteiger partial charge in [-0.15, -0.1) is 0 Å². The van der Waals surface area contributed by atoms with Crippen molar-refractivity contribution in [1.29, 1.82) is 0 Å². The van der Waals surface area contributed by atoms with E-state index in [1.54, 1.807) is 38.4 Å². The molecule has 26 heavy (non-hydrogen) atoms. The van der Waals surface area contributed by atoms with Crippen LogP contribution in [0.15, 0.2) is 59.4 Å². The summed E-state index contributed by atoms with van der Waals surface area (Å²) in [6, 6.07) is 15.6. The third kappa shape index (κ3) is 3.35. The Morgan fingerprint density at radius 1 is 1.00 bits per heavy atom. The fraction of sp³-hybridized carbons (Fsp3) is 0.150. The molecule has 6 nitrogen and oxygen atoms in total. The molecule has 1 aromatic heterocycles. The van der Waals surface area contributed by atoms with Crippen LogP contribution in [0, 0.1) is 0 Å². The molecule has 0 atom stereocenters. The van der Waals surface area contributed by atoms with Gasteiger partial charge in [0, 0.05) is 37.7 Å². The van der Waals surface area contributed by atoms with E-state index in [0.717, 1.165) is 10.9 Å². The molecule has 0 saturated heterocycles. The molecule has 3 aromatic rings. The average molecular weight is 349 g/mol. The minimum atomic E-state index is -0.311. The van der Waals surface area contributed by atoms with Gasteiger partial charge in [0.25, 0.3) is 17.4 Å². The van der Waals surface area contributed by atoms with Crippen LogP contribution in [0.4, 0.5) is 0 Å².